The number of aryl methyl sites for hydroxylation is 1. The van der Waals surface area contributed by atoms with Gasteiger partial charge in [-0.05, 0) is 70.8 Å². The predicted octanol–water partition coefficient (Wildman–Crippen LogP) is 3.23. The third kappa shape index (κ3) is 6.51. The molecule has 1 aliphatic rings. The van der Waals surface area contributed by atoms with Crippen molar-refractivity contribution in [1.82, 2.24) is 15.5 Å². The van der Waals surface area contributed by atoms with Crippen molar-refractivity contribution in [2.75, 3.05) is 32.7 Å². The van der Waals surface area contributed by atoms with E-state index in [9.17, 15) is 0 Å². The number of hydrogen-bond donors (Lipinski definition) is 2. The summed E-state index contributed by atoms with van der Waals surface area (Å²) in [6.45, 7) is 13.0. The summed E-state index contributed by atoms with van der Waals surface area (Å²) >= 11 is 1.83. The van der Waals surface area contributed by atoms with Crippen LogP contribution in [0.25, 0.3) is 0 Å². The second kappa shape index (κ2) is 9.93. The van der Waals surface area contributed by atoms with Gasteiger partial charge in [0, 0.05) is 22.8 Å². The van der Waals surface area contributed by atoms with Gasteiger partial charge in [-0.15, -0.1) is 11.3 Å². The van der Waals surface area contributed by atoms with Crippen LogP contribution in [0.2, 0.25) is 0 Å². The molecule has 23 heavy (non-hydrogen) atoms. The second-order valence-corrected chi connectivity index (χ2v) is 7.67. The standard InChI is InChI=1S/C18H32N4S/c1-4-19-18(21-14-17-7-6-15(3)23-17)20-11-8-16-9-12-22(5-2)13-10-16/h6-7,16H,4-5,8-14H2,1-3H3,(H2,19,20,21). The Bertz CT molecular complexity index is 475. The molecule has 0 aromatic carbocycles. The summed E-state index contributed by atoms with van der Waals surface area (Å²) in [7, 11) is 0. The Morgan fingerprint density at radius 1 is 1.26 bits per heavy atom. The van der Waals surface area contributed by atoms with Crippen LogP contribution in [-0.4, -0.2) is 43.6 Å². The topological polar surface area (TPSA) is 39.7 Å². The Hall–Kier alpha value is -1.07. The molecule has 0 spiro atoms. The lowest BCUT2D eigenvalue weighted by Gasteiger charge is -2.31. The quantitative estimate of drug-likeness (QED) is 0.593. The fourth-order valence-corrected chi connectivity index (χ4v) is 3.87. The van der Waals surface area contributed by atoms with Gasteiger partial charge in [0.2, 0.25) is 0 Å². The molecule has 0 unspecified atom stereocenters. The molecule has 0 atom stereocenters. The molecule has 4 nitrogen and oxygen atoms in total. The van der Waals surface area contributed by atoms with Gasteiger partial charge in [-0.2, -0.15) is 0 Å². The van der Waals surface area contributed by atoms with Crippen LogP contribution < -0.4 is 10.6 Å². The highest BCUT2D eigenvalue weighted by molar-refractivity contribution is 7.11. The molecule has 1 fully saturated rings. The molecule has 0 radical (unpaired) electrons. The van der Waals surface area contributed by atoms with Crippen molar-refractivity contribution in [2.45, 2.75) is 46.6 Å². The van der Waals surface area contributed by atoms with Gasteiger partial charge in [0.05, 0.1) is 6.54 Å². The van der Waals surface area contributed by atoms with Crippen molar-refractivity contribution in [3.05, 3.63) is 21.9 Å². The van der Waals surface area contributed by atoms with E-state index in [2.05, 4.69) is 48.4 Å². The molecule has 1 aromatic rings. The molecule has 2 N–H and O–H groups in total. The summed E-state index contributed by atoms with van der Waals surface area (Å²) in [6.07, 6.45) is 3.94. The number of guanidine groups is 1. The maximum absolute atomic E-state index is 4.70. The lowest BCUT2D eigenvalue weighted by Crippen LogP contribution is -2.39. The number of aliphatic imine (C=N–C) groups is 1. The minimum Gasteiger partial charge on any atom is -0.357 e. The molecular weight excluding hydrogens is 304 g/mol. The Morgan fingerprint density at radius 2 is 2.04 bits per heavy atom. The van der Waals surface area contributed by atoms with Crippen molar-refractivity contribution < 1.29 is 0 Å². The van der Waals surface area contributed by atoms with Crippen LogP contribution in [0, 0.1) is 12.8 Å². The van der Waals surface area contributed by atoms with Crippen LogP contribution in [0.3, 0.4) is 0 Å². The summed E-state index contributed by atoms with van der Waals surface area (Å²) in [5.41, 5.74) is 0. The molecule has 1 aromatic heterocycles. The summed E-state index contributed by atoms with van der Waals surface area (Å²) in [6, 6.07) is 4.34. The van der Waals surface area contributed by atoms with E-state index >= 15 is 0 Å². The van der Waals surface area contributed by atoms with Crippen LogP contribution in [0.5, 0.6) is 0 Å². The first-order valence-electron chi connectivity index (χ1n) is 9.01. The molecular formula is C18H32N4S. The number of rotatable bonds is 7. The minimum atomic E-state index is 0.767. The van der Waals surface area contributed by atoms with Crippen molar-refractivity contribution in [2.24, 2.45) is 10.9 Å². The van der Waals surface area contributed by atoms with E-state index < -0.39 is 0 Å². The lowest BCUT2D eigenvalue weighted by molar-refractivity contribution is 0.187. The first-order chi connectivity index (χ1) is 11.2. The molecule has 2 rings (SSSR count). The Kier molecular flexibility index (Phi) is 7.89. The van der Waals surface area contributed by atoms with E-state index in [0.717, 1.165) is 31.5 Å². The summed E-state index contributed by atoms with van der Waals surface area (Å²) in [5, 5.41) is 6.85. The molecule has 130 valence electrons. The monoisotopic (exact) mass is 336 g/mol. The molecule has 2 heterocycles. The van der Waals surface area contributed by atoms with Crippen LogP contribution in [0.4, 0.5) is 0 Å². The zero-order valence-corrected chi connectivity index (χ0v) is 15.7. The van der Waals surface area contributed by atoms with Gasteiger partial charge in [-0.25, -0.2) is 4.99 Å². The number of hydrogen-bond acceptors (Lipinski definition) is 3. The highest BCUT2D eigenvalue weighted by atomic mass is 32.1. The Morgan fingerprint density at radius 3 is 2.65 bits per heavy atom. The first kappa shape index (κ1) is 18.3. The molecule has 1 saturated heterocycles. The third-order valence-corrected chi connectivity index (χ3v) is 5.52. The maximum atomic E-state index is 4.70. The van der Waals surface area contributed by atoms with Gasteiger partial charge in [0.1, 0.15) is 0 Å². The van der Waals surface area contributed by atoms with Crippen LogP contribution in [0.1, 0.15) is 42.9 Å². The van der Waals surface area contributed by atoms with Gasteiger partial charge in [-0.3, -0.25) is 0 Å². The molecule has 0 amide bonds. The lowest BCUT2D eigenvalue weighted by atomic mass is 9.93. The van der Waals surface area contributed by atoms with Gasteiger partial charge >= 0.3 is 0 Å². The average Bonchev–Trinajstić information content (AvgIpc) is 2.99. The molecule has 5 heteroatoms. The molecule has 0 bridgehead atoms. The summed E-state index contributed by atoms with van der Waals surface area (Å²) in [4.78, 5) is 9.93. The predicted molar refractivity (Wildman–Crippen MR) is 101 cm³/mol. The van der Waals surface area contributed by atoms with E-state index in [1.54, 1.807) is 0 Å². The normalized spacial score (nSPS) is 17.4. The smallest absolute Gasteiger partial charge is 0.191 e. The minimum absolute atomic E-state index is 0.767. The second-order valence-electron chi connectivity index (χ2n) is 6.30. The number of piperidine rings is 1. The van der Waals surface area contributed by atoms with Crippen molar-refractivity contribution in [3.63, 3.8) is 0 Å². The zero-order valence-electron chi connectivity index (χ0n) is 14.9. The van der Waals surface area contributed by atoms with Crippen molar-refractivity contribution in [1.29, 1.82) is 0 Å². The fraction of sp³-hybridized carbons (Fsp3) is 0.722. The van der Waals surface area contributed by atoms with Crippen molar-refractivity contribution >= 4 is 17.3 Å². The number of thiophene rings is 1. The first-order valence-corrected chi connectivity index (χ1v) is 9.82. The summed E-state index contributed by atoms with van der Waals surface area (Å²) < 4.78 is 0. The fourth-order valence-electron chi connectivity index (χ4n) is 3.05. The Balaban J connectivity index is 1.71. The van der Waals surface area contributed by atoms with Gasteiger partial charge < -0.3 is 15.5 Å². The summed E-state index contributed by atoms with van der Waals surface area (Å²) in [5.74, 6) is 1.82. The number of nitrogens with zero attached hydrogens (tertiary/aromatic N) is 2. The third-order valence-electron chi connectivity index (χ3n) is 4.53. The van der Waals surface area contributed by atoms with E-state index in [4.69, 9.17) is 4.99 Å². The zero-order chi connectivity index (χ0) is 16.5. The largest absolute Gasteiger partial charge is 0.357 e. The van der Waals surface area contributed by atoms with Gasteiger partial charge in [0.25, 0.3) is 0 Å². The average molecular weight is 337 g/mol. The van der Waals surface area contributed by atoms with Crippen molar-refractivity contribution in [3.8, 4) is 0 Å². The Labute approximate surface area is 145 Å². The van der Waals surface area contributed by atoms with Crippen LogP contribution >= 0.6 is 11.3 Å². The van der Waals surface area contributed by atoms with E-state index in [1.165, 1.54) is 48.7 Å². The van der Waals surface area contributed by atoms with Crippen LogP contribution in [0.15, 0.2) is 17.1 Å². The van der Waals surface area contributed by atoms with Crippen LogP contribution in [-0.2, 0) is 6.54 Å². The SMILES string of the molecule is CCNC(=NCc1ccc(C)s1)NCCC1CCN(CC)CC1. The van der Waals surface area contributed by atoms with E-state index in [1.807, 2.05) is 11.3 Å². The maximum Gasteiger partial charge on any atom is 0.191 e. The molecule has 0 saturated carbocycles. The number of likely N-dealkylation sites (tertiary alicyclic amines) is 1. The van der Waals surface area contributed by atoms with Gasteiger partial charge in [-0.1, -0.05) is 6.92 Å². The van der Waals surface area contributed by atoms with E-state index in [0.29, 0.717) is 0 Å². The highest BCUT2D eigenvalue weighted by Crippen LogP contribution is 2.19. The number of nitrogens with one attached hydrogen (secondary N) is 2. The highest BCUT2D eigenvalue weighted by Gasteiger charge is 2.17. The van der Waals surface area contributed by atoms with E-state index in [-0.39, 0.29) is 0 Å². The molecule has 0 aliphatic carbocycles. The molecule has 1 aliphatic heterocycles. The van der Waals surface area contributed by atoms with Gasteiger partial charge in [0.15, 0.2) is 5.96 Å².